The summed E-state index contributed by atoms with van der Waals surface area (Å²) in [6, 6.07) is 9.18. The molecule has 2 aliphatic heterocycles. The van der Waals surface area contributed by atoms with Crippen LogP contribution in [0.1, 0.15) is 18.7 Å². The molecule has 0 radical (unpaired) electrons. The Morgan fingerprint density at radius 3 is 2.68 bits per heavy atom. The Morgan fingerprint density at radius 2 is 1.91 bits per heavy atom. The number of carbonyl (C=O) groups excluding carboxylic acids is 1. The van der Waals surface area contributed by atoms with Crippen molar-refractivity contribution in [2.45, 2.75) is 37.8 Å². The number of carbonyl (C=O) groups is 2. The number of hydrogen-bond donors (Lipinski definition) is 3. The molecule has 1 aromatic carbocycles. The van der Waals surface area contributed by atoms with Crippen LogP contribution < -0.4 is 10.6 Å². The van der Waals surface area contributed by atoms with Gasteiger partial charge in [-0.15, -0.1) is 0 Å². The van der Waals surface area contributed by atoms with E-state index in [0.29, 0.717) is 17.7 Å². The molecule has 3 N–H and O–H groups in total. The highest BCUT2D eigenvalue weighted by molar-refractivity contribution is 5.95. The number of benzene rings is 1. The summed E-state index contributed by atoms with van der Waals surface area (Å²) < 4.78 is 19.3. The largest absolute Gasteiger partial charge is 0.479 e. The lowest BCUT2D eigenvalue weighted by atomic mass is 10.1. The van der Waals surface area contributed by atoms with Gasteiger partial charge in [-0.2, -0.15) is 0 Å². The maximum absolute atomic E-state index is 11.9. The van der Waals surface area contributed by atoms with Gasteiger partial charge in [-0.1, -0.05) is 36.4 Å². The van der Waals surface area contributed by atoms with Crippen LogP contribution >= 0.6 is 0 Å². The molecular weight excluding hydrogens is 444 g/mol. The molecule has 5 rings (SSSR count). The van der Waals surface area contributed by atoms with Crippen LogP contribution in [0.2, 0.25) is 0 Å². The highest BCUT2D eigenvalue weighted by Gasteiger charge is 2.56. The molecule has 2 saturated heterocycles. The van der Waals surface area contributed by atoms with Gasteiger partial charge in [0.15, 0.2) is 35.6 Å². The number of aliphatic carboxylic acids is 1. The van der Waals surface area contributed by atoms with Crippen molar-refractivity contribution in [2.75, 3.05) is 11.9 Å². The number of nitrogens with one attached hydrogen (secondary N) is 2. The minimum Gasteiger partial charge on any atom is -0.479 e. The van der Waals surface area contributed by atoms with E-state index in [1.165, 1.54) is 12.7 Å². The average Bonchev–Trinajstić information content (AvgIpc) is 3.52. The molecule has 4 heterocycles. The van der Waals surface area contributed by atoms with E-state index in [0.717, 1.165) is 5.56 Å². The second-order valence-electron chi connectivity index (χ2n) is 7.66. The molecule has 5 atom stereocenters. The summed E-state index contributed by atoms with van der Waals surface area (Å²) >= 11 is 0. The van der Waals surface area contributed by atoms with Crippen molar-refractivity contribution in [3.63, 3.8) is 0 Å². The van der Waals surface area contributed by atoms with Crippen LogP contribution in [0.15, 0.2) is 49.1 Å². The Balaban J connectivity index is 1.42. The first kappa shape index (κ1) is 21.9. The smallest absolute Gasteiger partial charge is 0.335 e. The Hall–Kier alpha value is -3.87. The lowest BCUT2D eigenvalue weighted by Crippen LogP contribution is -2.34. The van der Waals surface area contributed by atoms with Crippen molar-refractivity contribution in [2.24, 2.45) is 0 Å². The van der Waals surface area contributed by atoms with Gasteiger partial charge < -0.3 is 24.6 Å². The van der Waals surface area contributed by atoms with Crippen molar-refractivity contribution in [1.29, 1.82) is 0 Å². The summed E-state index contributed by atoms with van der Waals surface area (Å²) in [6.07, 6.45) is 1.89. The lowest BCUT2D eigenvalue weighted by molar-refractivity contribution is -0.166. The minimum atomic E-state index is -1.24. The Labute approximate surface area is 193 Å². The van der Waals surface area contributed by atoms with Crippen molar-refractivity contribution >= 4 is 35.1 Å². The molecule has 0 spiro atoms. The van der Waals surface area contributed by atoms with E-state index in [-0.39, 0.29) is 5.82 Å². The molecule has 4 unspecified atom stereocenters. The van der Waals surface area contributed by atoms with Crippen LogP contribution in [0.25, 0.3) is 17.2 Å². The fourth-order valence-electron chi connectivity index (χ4n) is 3.98. The highest BCUT2D eigenvalue weighted by Crippen LogP contribution is 2.41. The minimum absolute atomic E-state index is 0.214. The zero-order valence-electron chi connectivity index (χ0n) is 18.1. The highest BCUT2D eigenvalue weighted by atomic mass is 16.8. The van der Waals surface area contributed by atoms with Crippen molar-refractivity contribution in [3.05, 3.63) is 54.6 Å². The number of aromatic nitrogens is 4. The topological polar surface area (TPSA) is 150 Å². The summed E-state index contributed by atoms with van der Waals surface area (Å²) in [5, 5.41) is 14.9. The summed E-state index contributed by atoms with van der Waals surface area (Å²) in [5.74, 6) is -0.947. The predicted octanol–water partition coefficient (Wildman–Crippen LogP) is 1.77. The van der Waals surface area contributed by atoms with Crippen molar-refractivity contribution < 1.29 is 28.9 Å². The van der Waals surface area contributed by atoms with E-state index in [1.54, 1.807) is 17.6 Å². The van der Waals surface area contributed by atoms with Gasteiger partial charge in [0.1, 0.15) is 18.5 Å². The first-order valence-electron chi connectivity index (χ1n) is 10.7. The fourth-order valence-corrected chi connectivity index (χ4v) is 3.98. The van der Waals surface area contributed by atoms with Gasteiger partial charge in [0.25, 0.3) is 0 Å². The van der Waals surface area contributed by atoms with E-state index >= 15 is 0 Å². The quantitative estimate of drug-likeness (QED) is 0.494. The molecule has 34 heavy (non-hydrogen) atoms. The first-order chi connectivity index (χ1) is 16.5. The predicted molar refractivity (Wildman–Crippen MR) is 119 cm³/mol. The standard InChI is InChI=1S/C22H22N6O6/c1-2-23-22(31)27-18-14-19(25-10-24-18)28(11-26-14)20-16-15(17(34-20)21(29)30)32-13(33-16)9-8-12-6-4-3-5-7-12/h3-11,13,15-17,20H,2H2,1H3,(H,29,30)(H2,23,24,25,27,31)/b9-8+/t13-,15?,16?,17?,20?/m0/s1. The van der Waals surface area contributed by atoms with Gasteiger partial charge in [0.05, 0.1) is 6.33 Å². The molecule has 2 amide bonds. The maximum atomic E-state index is 11.9. The van der Waals surface area contributed by atoms with E-state index in [1.807, 2.05) is 36.4 Å². The summed E-state index contributed by atoms with van der Waals surface area (Å²) in [5.41, 5.74) is 1.63. The van der Waals surface area contributed by atoms with E-state index in [4.69, 9.17) is 14.2 Å². The van der Waals surface area contributed by atoms with Crippen LogP contribution in [0.4, 0.5) is 10.6 Å². The summed E-state index contributed by atoms with van der Waals surface area (Å²) in [6.45, 7) is 2.24. The molecule has 3 aromatic rings. The number of carboxylic acids is 1. The monoisotopic (exact) mass is 466 g/mol. The van der Waals surface area contributed by atoms with Gasteiger partial charge in [-0.25, -0.2) is 24.5 Å². The fraction of sp³-hybridized carbons (Fsp3) is 0.318. The van der Waals surface area contributed by atoms with Crippen molar-refractivity contribution in [1.82, 2.24) is 24.8 Å². The summed E-state index contributed by atoms with van der Waals surface area (Å²) in [4.78, 5) is 36.5. The van der Waals surface area contributed by atoms with Gasteiger partial charge in [0.2, 0.25) is 0 Å². The Morgan fingerprint density at radius 1 is 1.12 bits per heavy atom. The maximum Gasteiger partial charge on any atom is 0.335 e. The van der Waals surface area contributed by atoms with Gasteiger partial charge in [-0.05, 0) is 18.6 Å². The second-order valence-corrected chi connectivity index (χ2v) is 7.66. The van der Waals surface area contributed by atoms with Gasteiger partial charge in [-0.3, -0.25) is 9.88 Å². The number of anilines is 1. The first-order valence-corrected chi connectivity index (χ1v) is 10.7. The number of amides is 2. The normalized spacial score (nSPS) is 26.1. The molecule has 2 fully saturated rings. The zero-order chi connectivity index (χ0) is 23.7. The molecule has 12 nitrogen and oxygen atoms in total. The Bertz CT molecular complexity index is 1230. The molecule has 2 aromatic heterocycles. The van der Waals surface area contributed by atoms with Crippen LogP contribution in [0, 0.1) is 0 Å². The molecule has 2 aliphatic rings. The molecule has 176 valence electrons. The number of urea groups is 1. The van der Waals surface area contributed by atoms with E-state index in [9.17, 15) is 14.7 Å². The zero-order valence-corrected chi connectivity index (χ0v) is 18.1. The van der Waals surface area contributed by atoms with E-state index < -0.39 is 42.8 Å². The van der Waals surface area contributed by atoms with Crippen LogP contribution in [0.3, 0.4) is 0 Å². The third kappa shape index (κ3) is 4.09. The van der Waals surface area contributed by atoms with E-state index in [2.05, 4.69) is 25.6 Å². The van der Waals surface area contributed by atoms with Gasteiger partial charge in [0, 0.05) is 6.54 Å². The SMILES string of the molecule is CCNC(=O)Nc1ncnc2c1ncn2C1OC(C(=O)O)C2O[C@H](/C=C/c3ccccc3)OC21. The number of carboxylic acid groups (broad SMARTS) is 1. The number of imidazole rings is 1. The lowest BCUT2D eigenvalue weighted by Gasteiger charge is -2.19. The molecule has 0 bridgehead atoms. The van der Waals surface area contributed by atoms with Crippen LogP contribution in [-0.4, -0.2) is 67.8 Å². The second kappa shape index (κ2) is 9.17. The summed E-state index contributed by atoms with van der Waals surface area (Å²) in [7, 11) is 0. The molecule has 0 saturated carbocycles. The molecule has 12 heteroatoms. The molecular formula is C22H22N6O6. The van der Waals surface area contributed by atoms with Crippen LogP contribution in [0.5, 0.6) is 0 Å². The van der Waals surface area contributed by atoms with Crippen LogP contribution in [-0.2, 0) is 19.0 Å². The number of nitrogens with zero attached hydrogens (tertiary/aromatic N) is 4. The Kier molecular flexibility index (Phi) is 5.92. The number of fused-ring (bicyclic) bond motifs is 2. The number of rotatable bonds is 6. The average molecular weight is 466 g/mol. The number of ether oxygens (including phenoxy) is 3. The van der Waals surface area contributed by atoms with Crippen molar-refractivity contribution in [3.8, 4) is 0 Å². The van der Waals surface area contributed by atoms with Gasteiger partial charge >= 0.3 is 12.0 Å². The third-order valence-corrected chi connectivity index (χ3v) is 5.46. The molecule has 0 aliphatic carbocycles. The number of hydrogen-bond acceptors (Lipinski definition) is 8. The third-order valence-electron chi connectivity index (χ3n) is 5.46.